The summed E-state index contributed by atoms with van der Waals surface area (Å²) in [6.07, 6.45) is 2.49. The molecule has 0 heterocycles. The number of carboxylic acid groups (broad SMARTS) is 1. The summed E-state index contributed by atoms with van der Waals surface area (Å²) in [5.74, 6) is -1.45. The summed E-state index contributed by atoms with van der Waals surface area (Å²) in [7, 11) is 0. The zero-order valence-electron chi connectivity index (χ0n) is 14.3. The van der Waals surface area contributed by atoms with Crippen LogP contribution < -0.4 is 5.73 Å². The predicted molar refractivity (Wildman–Crippen MR) is 105 cm³/mol. The molecule has 0 aromatic heterocycles. The lowest BCUT2D eigenvalue weighted by atomic mass is 10.0. The van der Waals surface area contributed by atoms with Crippen LogP contribution in [-0.2, 0) is 4.79 Å². The average molecular weight is 360 g/mol. The first-order valence-corrected chi connectivity index (χ1v) is 8.23. The molecule has 0 spiro atoms. The Balaban J connectivity index is 1.95. The molecule has 5 heteroatoms. The van der Waals surface area contributed by atoms with Crippen molar-refractivity contribution in [3.8, 4) is 11.1 Å². The predicted octanol–water partition coefficient (Wildman–Crippen LogP) is 4.63. The van der Waals surface area contributed by atoms with Gasteiger partial charge >= 0.3 is 5.97 Å². The Hall–Kier alpha value is -3.73. The largest absolute Gasteiger partial charge is 0.478 e. The molecule has 0 saturated carbocycles. The van der Waals surface area contributed by atoms with Crippen molar-refractivity contribution in [1.82, 2.24) is 0 Å². The number of nitrogens with zero attached hydrogens (tertiary/aromatic N) is 1. The van der Waals surface area contributed by atoms with Gasteiger partial charge < -0.3 is 10.8 Å². The monoisotopic (exact) mass is 360 g/mol. The number of carbonyl (C=O) groups is 1. The van der Waals surface area contributed by atoms with Gasteiger partial charge in [-0.1, -0.05) is 48.5 Å². The van der Waals surface area contributed by atoms with Gasteiger partial charge in [0.05, 0.1) is 11.3 Å². The summed E-state index contributed by atoms with van der Waals surface area (Å²) in [5, 5.41) is 8.71. The molecule has 0 fully saturated rings. The van der Waals surface area contributed by atoms with Gasteiger partial charge in [0.25, 0.3) is 0 Å². The van der Waals surface area contributed by atoms with E-state index in [1.807, 2.05) is 30.3 Å². The van der Waals surface area contributed by atoms with Gasteiger partial charge in [0, 0.05) is 6.08 Å². The lowest BCUT2D eigenvalue weighted by Gasteiger charge is -2.07. The van der Waals surface area contributed by atoms with Crippen LogP contribution in [0.4, 0.5) is 10.1 Å². The molecule has 134 valence electrons. The first kappa shape index (κ1) is 18.1. The topological polar surface area (TPSA) is 75.7 Å². The van der Waals surface area contributed by atoms with Gasteiger partial charge in [-0.2, -0.15) is 0 Å². The van der Waals surface area contributed by atoms with Crippen molar-refractivity contribution in [3.05, 3.63) is 95.8 Å². The number of carboxylic acids is 1. The minimum Gasteiger partial charge on any atom is -0.478 e. The SMILES string of the molecule is NC(=Nc1cccc(/C=C/C(=O)O)c1)c1cc(-c2ccccc2)ccc1F. The summed E-state index contributed by atoms with van der Waals surface area (Å²) in [5.41, 5.74) is 9.21. The highest BCUT2D eigenvalue weighted by Gasteiger charge is 2.09. The molecule has 0 saturated heterocycles. The first-order chi connectivity index (χ1) is 13.0. The molecule has 0 amide bonds. The van der Waals surface area contributed by atoms with E-state index in [1.54, 1.807) is 36.4 Å². The second-order valence-electron chi connectivity index (χ2n) is 5.82. The van der Waals surface area contributed by atoms with Crippen LogP contribution in [0.2, 0.25) is 0 Å². The summed E-state index contributed by atoms with van der Waals surface area (Å²) >= 11 is 0. The van der Waals surface area contributed by atoms with E-state index < -0.39 is 11.8 Å². The number of amidine groups is 1. The Labute approximate surface area is 156 Å². The molecule has 0 atom stereocenters. The van der Waals surface area contributed by atoms with E-state index in [1.165, 1.54) is 12.1 Å². The number of benzene rings is 3. The maximum atomic E-state index is 14.3. The van der Waals surface area contributed by atoms with Crippen LogP contribution in [0.1, 0.15) is 11.1 Å². The third-order valence-electron chi connectivity index (χ3n) is 3.89. The molecule has 0 bridgehead atoms. The van der Waals surface area contributed by atoms with E-state index in [9.17, 15) is 9.18 Å². The molecular weight excluding hydrogens is 343 g/mol. The van der Waals surface area contributed by atoms with Crippen molar-refractivity contribution in [3.63, 3.8) is 0 Å². The van der Waals surface area contributed by atoms with E-state index >= 15 is 0 Å². The fourth-order valence-electron chi connectivity index (χ4n) is 2.60. The quantitative estimate of drug-likeness (QED) is 0.396. The van der Waals surface area contributed by atoms with E-state index in [4.69, 9.17) is 10.8 Å². The minimum absolute atomic E-state index is 0.0460. The van der Waals surface area contributed by atoms with Crippen LogP contribution in [0.25, 0.3) is 17.2 Å². The summed E-state index contributed by atoms with van der Waals surface area (Å²) in [4.78, 5) is 14.9. The fraction of sp³-hybridized carbons (Fsp3) is 0. The number of aliphatic imine (C=N–C) groups is 1. The third kappa shape index (κ3) is 4.67. The number of rotatable bonds is 5. The van der Waals surface area contributed by atoms with Crippen molar-refractivity contribution in [2.24, 2.45) is 10.7 Å². The van der Waals surface area contributed by atoms with Crippen LogP contribution in [0.15, 0.2) is 83.9 Å². The van der Waals surface area contributed by atoms with Crippen LogP contribution in [0.5, 0.6) is 0 Å². The van der Waals surface area contributed by atoms with Gasteiger partial charge in [-0.05, 0) is 47.0 Å². The Bertz CT molecular complexity index is 1030. The highest BCUT2D eigenvalue weighted by atomic mass is 19.1. The molecule has 0 aliphatic carbocycles. The second kappa shape index (κ2) is 8.10. The van der Waals surface area contributed by atoms with Gasteiger partial charge in [0.1, 0.15) is 11.7 Å². The Morgan fingerprint density at radius 1 is 0.963 bits per heavy atom. The number of hydrogen-bond acceptors (Lipinski definition) is 2. The molecule has 3 aromatic rings. The summed E-state index contributed by atoms with van der Waals surface area (Å²) in [6, 6.07) is 21.2. The van der Waals surface area contributed by atoms with E-state index in [0.29, 0.717) is 11.3 Å². The van der Waals surface area contributed by atoms with Crippen LogP contribution in [0, 0.1) is 5.82 Å². The molecule has 3 rings (SSSR count). The van der Waals surface area contributed by atoms with Crippen molar-refractivity contribution >= 4 is 23.6 Å². The Morgan fingerprint density at radius 2 is 1.74 bits per heavy atom. The fourth-order valence-corrected chi connectivity index (χ4v) is 2.60. The maximum absolute atomic E-state index is 14.3. The minimum atomic E-state index is -1.04. The average Bonchev–Trinajstić information content (AvgIpc) is 2.67. The van der Waals surface area contributed by atoms with Crippen molar-refractivity contribution in [2.45, 2.75) is 0 Å². The molecule has 4 nitrogen and oxygen atoms in total. The van der Waals surface area contributed by atoms with Crippen molar-refractivity contribution in [1.29, 1.82) is 0 Å². The standard InChI is InChI=1S/C22H17FN2O2/c23-20-11-10-17(16-6-2-1-3-7-16)14-19(20)22(24)25-18-8-4-5-15(13-18)9-12-21(26)27/h1-14H,(H2,24,25)(H,26,27)/b12-9+. The van der Waals surface area contributed by atoms with Gasteiger partial charge in [-0.25, -0.2) is 14.2 Å². The zero-order valence-corrected chi connectivity index (χ0v) is 14.3. The summed E-state index contributed by atoms with van der Waals surface area (Å²) < 4.78 is 14.3. The lowest BCUT2D eigenvalue weighted by molar-refractivity contribution is -0.131. The summed E-state index contributed by atoms with van der Waals surface area (Å²) in [6.45, 7) is 0. The molecule has 0 aliphatic rings. The third-order valence-corrected chi connectivity index (χ3v) is 3.89. The molecule has 3 N–H and O–H groups in total. The molecule has 0 radical (unpaired) electrons. The van der Waals surface area contributed by atoms with Gasteiger partial charge in [0.2, 0.25) is 0 Å². The second-order valence-corrected chi connectivity index (χ2v) is 5.82. The van der Waals surface area contributed by atoms with Gasteiger partial charge in [-0.15, -0.1) is 0 Å². The number of aliphatic carboxylic acids is 1. The number of hydrogen-bond donors (Lipinski definition) is 2. The van der Waals surface area contributed by atoms with Crippen molar-refractivity contribution in [2.75, 3.05) is 0 Å². The molecule has 0 unspecified atom stereocenters. The molecule has 3 aromatic carbocycles. The van der Waals surface area contributed by atoms with E-state index in [0.717, 1.165) is 17.2 Å². The number of halogens is 1. The Kier molecular flexibility index (Phi) is 5.42. The van der Waals surface area contributed by atoms with Crippen LogP contribution in [-0.4, -0.2) is 16.9 Å². The zero-order chi connectivity index (χ0) is 19.2. The first-order valence-electron chi connectivity index (χ1n) is 8.23. The lowest BCUT2D eigenvalue weighted by Crippen LogP contribution is -2.15. The van der Waals surface area contributed by atoms with Crippen LogP contribution in [0.3, 0.4) is 0 Å². The highest BCUT2D eigenvalue weighted by molar-refractivity contribution is 6.00. The highest BCUT2D eigenvalue weighted by Crippen LogP contribution is 2.23. The normalized spacial score (nSPS) is 11.7. The smallest absolute Gasteiger partial charge is 0.328 e. The molecule has 0 aliphatic heterocycles. The number of nitrogens with two attached hydrogens (primary N) is 1. The van der Waals surface area contributed by atoms with E-state index in [-0.39, 0.29) is 11.4 Å². The molecular formula is C22H17FN2O2. The van der Waals surface area contributed by atoms with Gasteiger partial charge in [-0.3, -0.25) is 0 Å². The van der Waals surface area contributed by atoms with Gasteiger partial charge in [0.15, 0.2) is 0 Å². The van der Waals surface area contributed by atoms with Crippen molar-refractivity contribution < 1.29 is 14.3 Å². The maximum Gasteiger partial charge on any atom is 0.328 e. The van der Waals surface area contributed by atoms with Crippen LogP contribution >= 0.6 is 0 Å². The van der Waals surface area contributed by atoms with E-state index in [2.05, 4.69) is 4.99 Å². The molecule has 27 heavy (non-hydrogen) atoms. The Morgan fingerprint density at radius 3 is 2.48 bits per heavy atom.